The first-order valence-corrected chi connectivity index (χ1v) is 6.48. The van der Waals surface area contributed by atoms with Gasteiger partial charge in [0, 0.05) is 25.7 Å². The van der Waals surface area contributed by atoms with Crippen LogP contribution in [-0.2, 0) is 0 Å². The normalized spacial score (nSPS) is 18.4. The van der Waals surface area contributed by atoms with E-state index in [-0.39, 0.29) is 12.6 Å². The highest BCUT2D eigenvalue weighted by Crippen LogP contribution is 2.28. The molecule has 20 heavy (non-hydrogen) atoms. The first-order chi connectivity index (χ1) is 9.38. The highest BCUT2D eigenvalue weighted by atomic mass is 19.4. The van der Waals surface area contributed by atoms with Crippen molar-refractivity contribution in [3.8, 4) is 11.5 Å². The molecule has 0 saturated carbocycles. The van der Waals surface area contributed by atoms with Gasteiger partial charge < -0.3 is 9.47 Å². The van der Waals surface area contributed by atoms with Crippen molar-refractivity contribution < 1.29 is 22.6 Å². The number of alkyl halides is 3. The van der Waals surface area contributed by atoms with E-state index in [1.807, 2.05) is 18.2 Å². The van der Waals surface area contributed by atoms with Gasteiger partial charge in [0.15, 0.2) is 0 Å². The number of likely N-dealkylation sites (tertiary alicyclic amines) is 1. The molecular weight excluding hydrogens is 271 g/mol. The molecule has 1 aliphatic rings. The average molecular weight is 289 g/mol. The van der Waals surface area contributed by atoms with Crippen LogP contribution in [0.2, 0.25) is 0 Å². The van der Waals surface area contributed by atoms with Crippen molar-refractivity contribution in [2.45, 2.75) is 19.2 Å². The molecule has 0 amide bonds. The van der Waals surface area contributed by atoms with Crippen molar-refractivity contribution in [3.05, 3.63) is 24.3 Å². The molecular formula is C14H18F3NO2. The van der Waals surface area contributed by atoms with Crippen LogP contribution in [0.25, 0.3) is 0 Å². The van der Waals surface area contributed by atoms with Gasteiger partial charge in [-0.25, -0.2) is 0 Å². The minimum atomic E-state index is -4.13. The molecule has 1 atom stereocenters. The molecule has 1 heterocycles. The Hall–Kier alpha value is -1.43. The van der Waals surface area contributed by atoms with Crippen LogP contribution in [0.3, 0.4) is 0 Å². The summed E-state index contributed by atoms with van der Waals surface area (Å²) >= 11 is 0. The number of methoxy groups -OCH3 is 1. The fourth-order valence-electron chi connectivity index (χ4n) is 2.10. The molecule has 1 aromatic carbocycles. The third-order valence-electron chi connectivity index (χ3n) is 3.36. The van der Waals surface area contributed by atoms with Crippen LogP contribution in [0.1, 0.15) is 6.92 Å². The first-order valence-electron chi connectivity index (χ1n) is 6.48. The van der Waals surface area contributed by atoms with Gasteiger partial charge in [0.1, 0.15) is 17.6 Å². The smallest absolute Gasteiger partial charge is 0.392 e. The molecule has 1 saturated heterocycles. The Balaban J connectivity index is 1.76. The van der Waals surface area contributed by atoms with Crippen LogP contribution < -0.4 is 9.47 Å². The number of halogens is 3. The molecule has 0 aromatic heterocycles. The second-order valence-electron chi connectivity index (χ2n) is 5.08. The van der Waals surface area contributed by atoms with E-state index in [9.17, 15) is 13.2 Å². The fraction of sp³-hybridized carbons (Fsp3) is 0.571. The lowest BCUT2D eigenvalue weighted by atomic mass is 10.1. The van der Waals surface area contributed by atoms with Crippen LogP contribution >= 0.6 is 0 Å². The minimum Gasteiger partial charge on any atom is -0.497 e. The zero-order valence-electron chi connectivity index (χ0n) is 11.5. The summed E-state index contributed by atoms with van der Waals surface area (Å²) in [5, 5.41) is 0. The topological polar surface area (TPSA) is 21.7 Å². The van der Waals surface area contributed by atoms with Crippen molar-refractivity contribution in [3.63, 3.8) is 0 Å². The number of ether oxygens (including phenoxy) is 2. The largest absolute Gasteiger partial charge is 0.497 e. The van der Waals surface area contributed by atoms with Crippen molar-refractivity contribution in [2.75, 3.05) is 26.7 Å². The predicted octanol–water partition coefficient (Wildman–Crippen LogP) is 2.96. The quantitative estimate of drug-likeness (QED) is 0.832. The van der Waals surface area contributed by atoms with E-state index in [1.165, 1.54) is 6.92 Å². The third kappa shape index (κ3) is 3.79. The van der Waals surface area contributed by atoms with Crippen molar-refractivity contribution in [2.24, 2.45) is 5.92 Å². The summed E-state index contributed by atoms with van der Waals surface area (Å²) in [5.74, 6) is 0.0718. The van der Waals surface area contributed by atoms with E-state index in [0.29, 0.717) is 24.6 Å². The average Bonchev–Trinajstić information content (AvgIpc) is 2.35. The maximum atomic E-state index is 12.4. The zero-order valence-corrected chi connectivity index (χ0v) is 11.5. The van der Waals surface area contributed by atoms with E-state index < -0.39 is 12.1 Å². The Kier molecular flexibility index (Phi) is 4.42. The highest BCUT2D eigenvalue weighted by molar-refractivity contribution is 5.33. The van der Waals surface area contributed by atoms with E-state index >= 15 is 0 Å². The molecule has 0 radical (unpaired) electrons. The summed E-state index contributed by atoms with van der Waals surface area (Å²) < 4.78 is 48.0. The summed E-state index contributed by atoms with van der Waals surface area (Å²) in [6, 6.07) is 7.20. The van der Waals surface area contributed by atoms with Gasteiger partial charge in [-0.3, -0.25) is 4.90 Å². The summed E-state index contributed by atoms with van der Waals surface area (Å²) in [7, 11) is 1.57. The van der Waals surface area contributed by atoms with Gasteiger partial charge in [0.2, 0.25) is 0 Å². The molecule has 0 aliphatic carbocycles. The third-order valence-corrected chi connectivity index (χ3v) is 3.36. The lowest BCUT2D eigenvalue weighted by molar-refractivity contribution is -0.179. The molecule has 1 aliphatic heterocycles. The van der Waals surface area contributed by atoms with Gasteiger partial charge >= 0.3 is 6.18 Å². The molecule has 0 spiro atoms. The molecule has 6 heteroatoms. The van der Waals surface area contributed by atoms with Gasteiger partial charge in [-0.05, 0) is 12.1 Å². The van der Waals surface area contributed by atoms with E-state index in [2.05, 4.69) is 0 Å². The minimum absolute atomic E-state index is 0.0292. The summed E-state index contributed by atoms with van der Waals surface area (Å²) in [6.07, 6.45) is -4.18. The first kappa shape index (κ1) is 15.0. The van der Waals surface area contributed by atoms with Crippen molar-refractivity contribution in [1.82, 2.24) is 4.90 Å². The molecule has 0 unspecified atom stereocenters. The molecule has 2 rings (SSSR count). The fourth-order valence-corrected chi connectivity index (χ4v) is 2.10. The van der Waals surface area contributed by atoms with E-state index in [1.54, 1.807) is 18.1 Å². The molecule has 1 aromatic rings. The lowest BCUT2D eigenvalue weighted by Crippen LogP contribution is -2.55. The number of nitrogens with zero attached hydrogens (tertiary/aromatic N) is 1. The van der Waals surface area contributed by atoms with Crippen LogP contribution in [-0.4, -0.2) is 43.9 Å². The van der Waals surface area contributed by atoms with Gasteiger partial charge in [-0.1, -0.05) is 13.0 Å². The maximum Gasteiger partial charge on any atom is 0.392 e. The lowest BCUT2D eigenvalue weighted by Gasteiger charge is -2.40. The van der Waals surface area contributed by atoms with Crippen molar-refractivity contribution >= 4 is 0 Å². The Morgan fingerprint density at radius 1 is 1.30 bits per heavy atom. The molecule has 3 nitrogen and oxygen atoms in total. The molecule has 0 bridgehead atoms. The monoisotopic (exact) mass is 289 g/mol. The van der Waals surface area contributed by atoms with Crippen LogP contribution in [0.4, 0.5) is 13.2 Å². The predicted molar refractivity (Wildman–Crippen MR) is 69.1 cm³/mol. The molecule has 112 valence electrons. The summed E-state index contributed by atoms with van der Waals surface area (Å²) in [5.41, 5.74) is 0. The number of hydrogen-bond acceptors (Lipinski definition) is 3. The van der Waals surface area contributed by atoms with Crippen LogP contribution in [0.5, 0.6) is 11.5 Å². The Morgan fingerprint density at radius 3 is 2.55 bits per heavy atom. The number of hydrogen-bond donors (Lipinski definition) is 0. The van der Waals surface area contributed by atoms with Crippen LogP contribution in [0.15, 0.2) is 24.3 Å². The zero-order chi connectivity index (χ0) is 14.8. The Morgan fingerprint density at radius 2 is 1.95 bits per heavy atom. The van der Waals surface area contributed by atoms with Crippen LogP contribution in [0, 0.1) is 5.92 Å². The number of benzene rings is 1. The number of rotatable bonds is 5. The highest BCUT2D eigenvalue weighted by Gasteiger charge is 2.39. The maximum absolute atomic E-state index is 12.4. The summed E-state index contributed by atoms with van der Waals surface area (Å²) in [4.78, 5) is 1.75. The Labute approximate surface area is 116 Å². The second-order valence-corrected chi connectivity index (χ2v) is 5.08. The van der Waals surface area contributed by atoms with Gasteiger partial charge in [-0.15, -0.1) is 0 Å². The van der Waals surface area contributed by atoms with Crippen molar-refractivity contribution in [1.29, 1.82) is 0 Å². The standard InChI is InChI=1S/C14H18F3NO2/c1-10(14(15,16)17)7-18-8-13(9-18)20-12-5-3-4-11(6-12)19-2/h3-6,10,13H,7-9H2,1-2H3/t10-/m1/s1. The van der Waals surface area contributed by atoms with E-state index in [0.717, 1.165) is 0 Å². The summed E-state index contributed by atoms with van der Waals surface area (Å²) in [6.45, 7) is 2.28. The van der Waals surface area contributed by atoms with Gasteiger partial charge in [0.25, 0.3) is 0 Å². The molecule has 0 N–H and O–H groups in total. The van der Waals surface area contributed by atoms with Gasteiger partial charge in [0.05, 0.1) is 13.0 Å². The Bertz CT molecular complexity index is 444. The second kappa shape index (κ2) is 5.91. The molecule has 1 fully saturated rings. The SMILES string of the molecule is COc1cccc(OC2CN(C[C@@H](C)C(F)(F)F)C2)c1. The van der Waals surface area contributed by atoms with Gasteiger partial charge in [-0.2, -0.15) is 13.2 Å². The van der Waals surface area contributed by atoms with E-state index in [4.69, 9.17) is 9.47 Å².